The number of ether oxygens (including phenoxy) is 1. The molecule has 1 atom stereocenters. The van der Waals surface area contributed by atoms with Crippen LogP contribution in [0.3, 0.4) is 0 Å². The number of carbonyl (C=O) groups is 1. The zero-order valence-corrected chi connectivity index (χ0v) is 9.43. The van der Waals surface area contributed by atoms with Crippen molar-refractivity contribution in [1.82, 2.24) is 4.90 Å². The minimum Gasteiger partial charge on any atom is -0.493 e. The Balaban J connectivity index is 2.55. The highest BCUT2D eigenvalue weighted by Gasteiger charge is 2.28. The van der Waals surface area contributed by atoms with Gasteiger partial charge in [-0.1, -0.05) is 6.07 Å². The van der Waals surface area contributed by atoms with Gasteiger partial charge in [-0.2, -0.15) is 0 Å². The van der Waals surface area contributed by atoms with Crippen LogP contribution in [0, 0.1) is 0 Å². The topological polar surface area (TPSA) is 49.8 Å². The van der Waals surface area contributed by atoms with Crippen LogP contribution < -0.4 is 4.74 Å². The Morgan fingerprint density at radius 3 is 2.88 bits per heavy atom. The lowest BCUT2D eigenvalue weighted by atomic mass is 9.94. The van der Waals surface area contributed by atoms with Crippen molar-refractivity contribution in [3.63, 3.8) is 0 Å². The average molecular weight is 221 g/mol. The van der Waals surface area contributed by atoms with Crippen LogP contribution in [-0.4, -0.2) is 36.7 Å². The number of nitrogens with zero attached hydrogens (tertiary/aromatic N) is 1. The minimum atomic E-state index is -0.894. The predicted octanol–water partition coefficient (Wildman–Crippen LogP) is 1.77. The maximum atomic E-state index is 11.2. The van der Waals surface area contributed by atoms with Crippen LogP contribution in [0.4, 0.5) is 0 Å². The van der Waals surface area contributed by atoms with Gasteiger partial charge in [-0.25, -0.2) is 4.79 Å². The largest absolute Gasteiger partial charge is 0.493 e. The molecular formula is C12H15NO3. The summed E-state index contributed by atoms with van der Waals surface area (Å²) in [6.45, 7) is 0.638. The number of fused-ring (bicyclic) bond motifs is 1. The van der Waals surface area contributed by atoms with Crippen LogP contribution in [0.15, 0.2) is 18.2 Å². The Hall–Kier alpha value is -1.55. The number of aromatic carboxylic acids is 1. The number of hydrogen-bond acceptors (Lipinski definition) is 3. The van der Waals surface area contributed by atoms with Gasteiger partial charge in [0.2, 0.25) is 0 Å². The monoisotopic (exact) mass is 221 g/mol. The maximum Gasteiger partial charge on any atom is 0.336 e. The van der Waals surface area contributed by atoms with E-state index in [2.05, 4.69) is 0 Å². The number of rotatable bonds is 2. The van der Waals surface area contributed by atoms with E-state index in [4.69, 9.17) is 9.84 Å². The summed E-state index contributed by atoms with van der Waals surface area (Å²) >= 11 is 0. The quantitative estimate of drug-likeness (QED) is 0.826. The molecule has 1 N–H and O–H groups in total. The standard InChI is InChI=1S/C12H15NO3/c1-13(2)9-6-7-16-10-5-3-4-8(11(9)10)12(14)15/h3-5,9H,6-7H2,1-2H3,(H,14,15). The molecule has 0 aromatic heterocycles. The van der Waals surface area contributed by atoms with E-state index in [1.54, 1.807) is 12.1 Å². The van der Waals surface area contributed by atoms with Crippen molar-refractivity contribution < 1.29 is 14.6 Å². The molecule has 0 amide bonds. The third-order valence-corrected chi connectivity index (χ3v) is 2.90. The summed E-state index contributed by atoms with van der Waals surface area (Å²) in [7, 11) is 3.91. The van der Waals surface area contributed by atoms with E-state index in [9.17, 15) is 4.79 Å². The lowest BCUT2D eigenvalue weighted by Crippen LogP contribution is -2.28. The number of carboxylic acids is 1. The summed E-state index contributed by atoms with van der Waals surface area (Å²) < 4.78 is 5.50. The van der Waals surface area contributed by atoms with Crippen molar-refractivity contribution in [2.45, 2.75) is 12.5 Å². The van der Waals surface area contributed by atoms with Crippen LogP contribution >= 0.6 is 0 Å². The van der Waals surface area contributed by atoms with Crippen LogP contribution in [0.2, 0.25) is 0 Å². The Morgan fingerprint density at radius 1 is 1.50 bits per heavy atom. The van der Waals surface area contributed by atoms with Crippen LogP contribution in [0.1, 0.15) is 28.4 Å². The lowest BCUT2D eigenvalue weighted by molar-refractivity contribution is 0.0690. The molecule has 2 rings (SSSR count). The van der Waals surface area contributed by atoms with Gasteiger partial charge in [0.1, 0.15) is 5.75 Å². The molecule has 0 bridgehead atoms. The fraction of sp³-hybridized carbons (Fsp3) is 0.417. The molecule has 4 heteroatoms. The first-order valence-corrected chi connectivity index (χ1v) is 5.26. The molecule has 0 radical (unpaired) electrons. The average Bonchev–Trinajstić information content (AvgIpc) is 2.27. The molecule has 0 fully saturated rings. The third-order valence-electron chi connectivity index (χ3n) is 2.90. The second kappa shape index (κ2) is 4.14. The predicted molar refractivity (Wildman–Crippen MR) is 59.9 cm³/mol. The SMILES string of the molecule is CN(C)C1CCOc2cccc(C(=O)O)c21. The van der Waals surface area contributed by atoms with Gasteiger partial charge >= 0.3 is 5.97 Å². The first kappa shape index (κ1) is 11.0. The van der Waals surface area contributed by atoms with Crippen molar-refractivity contribution in [2.75, 3.05) is 20.7 Å². The highest BCUT2D eigenvalue weighted by atomic mass is 16.5. The first-order valence-electron chi connectivity index (χ1n) is 5.26. The van der Waals surface area contributed by atoms with Crippen molar-refractivity contribution in [2.24, 2.45) is 0 Å². The summed E-state index contributed by atoms with van der Waals surface area (Å²) in [5.41, 5.74) is 1.14. The molecule has 1 unspecified atom stereocenters. The summed E-state index contributed by atoms with van der Waals surface area (Å²) in [4.78, 5) is 13.2. The number of hydrogen-bond donors (Lipinski definition) is 1. The van der Waals surface area contributed by atoms with Gasteiger partial charge in [0.05, 0.1) is 12.2 Å². The second-order valence-electron chi connectivity index (χ2n) is 4.14. The molecule has 0 aliphatic carbocycles. The van der Waals surface area contributed by atoms with E-state index in [0.29, 0.717) is 17.9 Å². The van der Waals surface area contributed by atoms with Gasteiger partial charge in [0.25, 0.3) is 0 Å². The zero-order valence-electron chi connectivity index (χ0n) is 9.43. The molecule has 16 heavy (non-hydrogen) atoms. The molecule has 1 aliphatic heterocycles. The van der Waals surface area contributed by atoms with E-state index in [1.165, 1.54) is 0 Å². The maximum absolute atomic E-state index is 11.2. The van der Waals surface area contributed by atoms with Gasteiger partial charge < -0.3 is 14.7 Å². The molecule has 4 nitrogen and oxygen atoms in total. The molecule has 86 valence electrons. The van der Waals surface area contributed by atoms with Gasteiger partial charge in [0, 0.05) is 18.0 Å². The number of benzene rings is 1. The van der Waals surface area contributed by atoms with Crippen molar-refractivity contribution in [3.8, 4) is 5.75 Å². The molecule has 1 heterocycles. The fourth-order valence-electron chi connectivity index (χ4n) is 2.14. The van der Waals surface area contributed by atoms with Crippen LogP contribution in [0.25, 0.3) is 0 Å². The third kappa shape index (κ3) is 1.76. The van der Waals surface area contributed by atoms with Crippen LogP contribution in [0.5, 0.6) is 5.75 Å². The van der Waals surface area contributed by atoms with E-state index < -0.39 is 5.97 Å². The Kier molecular flexibility index (Phi) is 2.83. The van der Waals surface area contributed by atoms with Gasteiger partial charge in [-0.05, 0) is 26.2 Å². The fourth-order valence-corrected chi connectivity index (χ4v) is 2.14. The summed E-state index contributed by atoms with van der Waals surface area (Å²) in [5, 5.41) is 9.17. The first-order chi connectivity index (χ1) is 7.61. The smallest absolute Gasteiger partial charge is 0.336 e. The lowest BCUT2D eigenvalue weighted by Gasteiger charge is -2.31. The molecule has 0 saturated carbocycles. The molecule has 0 saturated heterocycles. The van der Waals surface area contributed by atoms with Crippen LogP contribution in [-0.2, 0) is 0 Å². The Bertz CT molecular complexity index is 415. The van der Waals surface area contributed by atoms with Gasteiger partial charge in [-0.3, -0.25) is 0 Å². The molecule has 0 spiro atoms. The number of carboxylic acid groups (broad SMARTS) is 1. The summed E-state index contributed by atoms with van der Waals surface area (Å²) in [6, 6.07) is 5.31. The van der Waals surface area contributed by atoms with E-state index in [-0.39, 0.29) is 6.04 Å². The minimum absolute atomic E-state index is 0.121. The van der Waals surface area contributed by atoms with Crippen molar-refractivity contribution >= 4 is 5.97 Å². The molecular weight excluding hydrogens is 206 g/mol. The van der Waals surface area contributed by atoms with Gasteiger partial charge in [-0.15, -0.1) is 0 Å². The summed E-state index contributed by atoms with van der Waals surface area (Å²) in [5.74, 6) is -0.195. The van der Waals surface area contributed by atoms with E-state index in [0.717, 1.165) is 12.0 Å². The molecule has 1 aliphatic rings. The highest BCUT2D eigenvalue weighted by Crippen LogP contribution is 2.37. The van der Waals surface area contributed by atoms with Crippen molar-refractivity contribution in [3.05, 3.63) is 29.3 Å². The zero-order chi connectivity index (χ0) is 11.7. The van der Waals surface area contributed by atoms with E-state index >= 15 is 0 Å². The highest BCUT2D eigenvalue weighted by molar-refractivity contribution is 5.90. The molecule has 1 aromatic carbocycles. The summed E-state index contributed by atoms with van der Waals surface area (Å²) in [6.07, 6.45) is 0.824. The van der Waals surface area contributed by atoms with Gasteiger partial charge in [0.15, 0.2) is 0 Å². The Labute approximate surface area is 94.4 Å². The second-order valence-corrected chi connectivity index (χ2v) is 4.14. The van der Waals surface area contributed by atoms with Crippen molar-refractivity contribution in [1.29, 1.82) is 0 Å². The molecule has 1 aromatic rings. The Morgan fingerprint density at radius 2 is 2.25 bits per heavy atom. The normalized spacial score (nSPS) is 19.1. The van der Waals surface area contributed by atoms with E-state index in [1.807, 2.05) is 25.1 Å².